The fourth-order valence-electron chi connectivity index (χ4n) is 4.90. The highest BCUT2D eigenvalue weighted by molar-refractivity contribution is 6.24. The van der Waals surface area contributed by atoms with Gasteiger partial charge in [0.2, 0.25) is 5.91 Å². The van der Waals surface area contributed by atoms with Crippen LogP contribution in [-0.4, -0.2) is 28.0 Å². The monoisotopic (exact) mass is 285 g/mol. The molecule has 0 aliphatic heterocycles. The quantitative estimate of drug-likeness (QED) is 0.783. The topological polar surface area (TPSA) is 49.3 Å². The van der Waals surface area contributed by atoms with Crippen LogP contribution in [0.2, 0.25) is 0 Å². The predicted octanol–water partition coefficient (Wildman–Crippen LogP) is 2.45. The summed E-state index contributed by atoms with van der Waals surface area (Å²) in [6, 6.07) is 0. The van der Waals surface area contributed by atoms with Gasteiger partial charge in [0, 0.05) is 4.87 Å². The number of nitrogens with one attached hydrogen (secondary N) is 1. The number of carbonyl (C=O) groups excluding carboxylic acids is 1. The van der Waals surface area contributed by atoms with Crippen molar-refractivity contribution in [3.05, 3.63) is 0 Å². The van der Waals surface area contributed by atoms with Gasteiger partial charge < -0.3 is 10.4 Å². The second kappa shape index (κ2) is 4.11. The van der Waals surface area contributed by atoms with Gasteiger partial charge in [0.05, 0.1) is 17.6 Å². The zero-order chi connectivity index (χ0) is 13.9. The molecule has 19 heavy (non-hydrogen) atoms. The molecular formula is C15H24ClNO2. The molecule has 4 aliphatic carbocycles. The maximum Gasteiger partial charge on any atom is 0.226 e. The number of carbonyl (C=O) groups is 1. The van der Waals surface area contributed by atoms with Gasteiger partial charge in [-0.2, -0.15) is 0 Å². The molecule has 4 heteroatoms. The standard InChI is InChI=1S/C15H24ClNO2/c1-13(2,9-18)17-12(19)14-4-10-3-11(5-14)7-15(16,6-10)8-14/h10-11,18H,3-9H2,1-2H3,(H,17,19)/t10-,11-,14?,15?/m0/s1. The number of amides is 1. The smallest absolute Gasteiger partial charge is 0.226 e. The summed E-state index contributed by atoms with van der Waals surface area (Å²) in [6.45, 7) is 3.69. The average molecular weight is 286 g/mol. The van der Waals surface area contributed by atoms with Crippen LogP contribution in [0.5, 0.6) is 0 Å². The Labute approximate surface area is 120 Å². The van der Waals surface area contributed by atoms with Crippen molar-refractivity contribution >= 4 is 17.5 Å². The van der Waals surface area contributed by atoms with E-state index in [0.29, 0.717) is 11.8 Å². The van der Waals surface area contributed by atoms with Gasteiger partial charge >= 0.3 is 0 Å². The molecule has 0 spiro atoms. The van der Waals surface area contributed by atoms with Gasteiger partial charge in [0.15, 0.2) is 0 Å². The number of aliphatic hydroxyl groups is 1. The highest BCUT2D eigenvalue weighted by Gasteiger charge is 2.60. The van der Waals surface area contributed by atoms with Crippen LogP contribution in [-0.2, 0) is 4.79 Å². The van der Waals surface area contributed by atoms with Crippen LogP contribution in [0, 0.1) is 17.3 Å². The maximum absolute atomic E-state index is 12.7. The normalized spacial score (nSPS) is 44.4. The molecule has 4 bridgehead atoms. The Morgan fingerprint density at radius 1 is 1.32 bits per heavy atom. The number of alkyl halides is 1. The fraction of sp³-hybridized carbons (Fsp3) is 0.933. The third-order valence-electron chi connectivity index (χ3n) is 5.32. The predicted molar refractivity (Wildman–Crippen MR) is 75.0 cm³/mol. The Balaban J connectivity index is 1.82. The van der Waals surface area contributed by atoms with Crippen molar-refractivity contribution in [3.63, 3.8) is 0 Å². The highest BCUT2D eigenvalue weighted by Crippen LogP contribution is 2.63. The first-order chi connectivity index (χ1) is 8.76. The molecule has 0 unspecified atom stereocenters. The second-order valence-electron chi connectivity index (χ2n) is 7.89. The molecule has 2 atom stereocenters. The van der Waals surface area contributed by atoms with E-state index in [-0.39, 0.29) is 22.8 Å². The molecule has 0 heterocycles. The van der Waals surface area contributed by atoms with Crippen molar-refractivity contribution in [2.45, 2.75) is 62.8 Å². The molecule has 0 radical (unpaired) electrons. The number of aliphatic hydroxyl groups excluding tert-OH is 1. The van der Waals surface area contributed by atoms with Gasteiger partial charge in [-0.3, -0.25) is 4.79 Å². The van der Waals surface area contributed by atoms with E-state index in [1.165, 1.54) is 6.42 Å². The van der Waals surface area contributed by atoms with E-state index >= 15 is 0 Å². The molecule has 0 saturated heterocycles. The molecule has 0 aromatic heterocycles. The molecule has 4 aliphatic rings. The zero-order valence-electron chi connectivity index (χ0n) is 11.8. The van der Waals surface area contributed by atoms with E-state index in [9.17, 15) is 9.90 Å². The van der Waals surface area contributed by atoms with Crippen molar-refractivity contribution in [2.75, 3.05) is 6.61 Å². The first kappa shape index (κ1) is 13.7. The van der Waals surface area contributed by atoms with Crippen molar-refractivity contribution in [2.24, 2.45) is 17.3 Å². The Morgan fingerprint density at radius 3 is 2.37 bits per heavy atom. The minimum Gasteiger partial charge on any atom is -0.394 e. The van der Waals surface area contributed by atoms with Crippen LogP contribution in [0.3, 0.4) is 0 Å². The molecule has 3 nitrogen and oxygen atoms in total. The summed E-state index contributed by atoms with van der Waals surface area (Å²) >= 11 is 6.74. The zero-order valence-corrected chi connectivity index (χ0v) is 12.6. The van der Waals surface area contributed by atoms with Crippen LogP contribution < -0.4 is 5.32 Å². The van der Waals surface area contributed by atoms with Crippen LogP contribution in [0.25, 0.3) is 0 Å². The molecule has 4 rings (SSSR count). The van der Waals surface area contributed by atoms with Crippen LogP contribution >= 0.6 is 11.6 Å². The Morgan fingerprint density at radius 2 is 1.89 bits per heavy atom. The lowest BCUT2D eigenvalue weighted by atomic mass is 9.49. The second-order valence-corrected chi connectivity index (χ2v) is 8.69. The van der Waals surface area contributed by atoms with E-state index in [2.05, 4.69) is 5.32 Å². The molecule has 4 fully saturated rings. The van der Waals surface area contributed by atoms with Crippen molar-refractivity contribution in [1.82, 2.24) is 5.32 Å². The van der Waals surface area contributed by atoms with Crippen molar-refractivity contribution in [3.8, 4) is 0 Å². The highest BCUT2D eigenvalue weighted by atomic mass is 35.5. The van der Waals surface area contributed by atoms with Gasteiger partial charge in [-0.15, -0.1) is 11.6 Å². The summed E-state index contributed by atoms with van der Waals surface area (Å²) < 4.78 is 0. The Hall–Kier alpha value is -0.280. The lowest BCUT2D eigenvalue weighted by molar-refractivity contribution is -0.146. The van der Waals surface area contributed by atoms with Crippen LogP contribution in [0.4, 0.5) is 0 Å². The summed E-state index contributed by atoms with van der Waals surface area (Å²) in [7, 11) is 0. The van der Waals surface area contributed by atoms with E-state index in [0.717, 1.165) is 32.1 Å². The largest absolute Gasteiger partial charge is 0.394 e. The molecule has 0 aromatic carbocycles. The lowest BCUT2D eigenvalue weighted by Crippen LogP contribution is -2.61. The van der Waals surface area contributed by atoms with Gasteiger partial charge in [0.1, 0.15) is 0 Å². The molecular weight excluding hydrogens is 262 g/mol. The van der Waals surface area contributed by atoms with Crippen molar-refractivity contribution < 1.29 is 9.90 Å². The van der Waals surface area contributed by atoms with E-state index < -0.39 is 5.54 Å². The minimum atomic E-state index is -0.542. The number of rotatable bonds is 3. The van der Waals surface area contributed by atoms with E-state index in [1.807, 2.05) is 13.8 Å². The van der Waals surface area contributed by atoms with E-state index in [4.69, 9.17) is 11.6 Å². The summed E-state index contributed by atoms with van der Waals surface area (Å²) in [6.07, 6.45) is 6.23. The van der Waals surface area contributed by atoms with Crippen LogP contribution in [0.1, 0.15) is 52.4 Å². The third kappa shape index (κ3) is 2.29. The number of halogens is 1. The van der Waals surface area contributed by atoms with Gasteiger partial charge in [-0.25, -0.2) is 0 Å². The summed E-state index contributed by atoms with van der Waals surface area (Å²) in [5.41, 5.74) is -0.807. The first-order valence-electron chi connectivity index (χ1n) is 7.38. The molecule has 2 N–H and O–H groups in total. The Bertz CT molecular complexity index is 393. The first-order valence-corrected chi connectivity index (χ1v) is 7.76. The maximum atomic E-state index is 12.7. The summed E-state index contributed by atoms with van der Waals surface area (Å²) in [5.74, 6) is 1.37. The summed E-state index contributed by atoms with van der Waals surface area (Å²) in [4.78, 5) is 12.6. The lowest BCUT2D eigenvalue weighted by Gasteiger charge is -2.59. The fourth-order valence-corrected chi connectivity index (χ4v) is 5.59. The SMILES string of the molecule is CC(C)(CO)NC(=O)C12C[C@@H]3C[C@H](CC(Cl)(C3)C1)C2. The van der Waals surface area contributed by atoms with Gasteiger partial charge in [-0.1, -0.05) is 0 Å². The molecule has 108 valence electrons. The summed E-state index contributed by atoms with van der Waals surface area (Å²) in [5, 5.41) is 12.4. The Kier molecular flexibility index (Phi) is 2.96. The van der Waals surface area contributed by atoms with E-state index in [1.54, 1.807) is 0 Å². The molecule has 0 aromatic rings. The molecule has 4 saturated carbocycles. The third-order valence-corrected chi connectivity index (χ3v) is 5.76. The minimum absolute atomic E-state index is 0.0340. The van der Waals surface area contributed by atoms with Gasteiger partial charge in [0.25, 0.3) is 0 Å². The van der Waals surface area contributed by atoms with Crippen LogP contribution in [0.15, 0.2) is 0 Å². The average Bonchev–Trinajstić information content (AvgIpc) is 2.25. The van der Waals surface area contributed by atoms with Crippen molar-refractivity contribution in [1.29, 1.82) is 0 Å². The number of hydrogen-bond donors (Lipinski definition) is 2. The number of hydrogen-bond acceptors (Lipinski definition) is 2. The van der Waals surface area contributed by atoms with Gasteiger partial charge in [-0.05, 0) is 64.2 Å². The molecule has 1 amide bonds.